The lowest BCUT2D eigenvalue weighted by Gasteiger charge is -2.21. The number of hydrogen-bond donors (Lipinski definition) is 1. The fourth-order valence-corrected chi connectivity index (χ4v) is 3.14. The molecule has 1 aromatic heterocycles. The van der Waals surface area contributed by atoms with Gasteiger partial charge in [-0.1, -0.05) is 11.3 Å². The van der Waals surface area contributed by atoms with Crippen LogP contribution in [0.1, 0.15) is 23.6 Å². The molecule has 2 aliphatic rings. The van der Waals surface area contributed by atoms with Crippen LogP contribution in [-0.4, -0.2) is 19.9 Å². The van der Waals surface area contributed by atoms with Gasteiger partial charge in [-0.05, 0) is 37.9 Å². The molecule has 0 atom stereocenters. The Morgan fingerprint density at radius 3 is 2.93 bits per heavy atom. The molecule has 76 valence electrons. The van der Waals surface area contributed by atoms with E-state index >= 15 is 0 Å². The predicted molar refractivity (Wildman–Crippen MR) is 55.3 cm³/mol. The highest BCUT2D eigenvalue weighted by Gasteiger charge is 2.23. The van der Waals surface area contributed by atoms with Gasteiger partial charge < -0.3 is 14.8 Å². The Morgan fingerprint density at radius 1 is 1.29 bits per heavy atom. The maximum atomic E-state index is 5.35. The van der Waals surface area contributed by atoms with E-state index in [2.05, 4.69) is 11.4 Å². The SMILES string of the molecule is c1c(C2CCNCC2)sc2c1OCO2. The van der Waals surface area contributed by atoms with Crippen molar-refractivity contribution in [2.45, 2.75) is 18.8 Å². The molecule has 3 nitrogen and oxygen atoms in total. The van der Waals surface area contributed by atoms with E-state index in [-0.39, 0.29) is 0 Å². The van der Waals surface area contributed by atoms with Gasteiger partial charge in [0.05, 0.1) is 0 Å². The molecule has 1 aromatic rings. The van der Waals surface area contributed by atoms with Gasteiger partial charge in [-0.15, -0.1) is 0 Å². The molecule has 0 unspecified atom stereocenters. The second-order valence-electron chi connectivity index (χ2n) is 3.73. The molecular formula is C10H13NO2S. The summed E-state index contributed by atoms with van der Waals surface area (Å²) < 4.78 is 10.7. The Bertz CT molecular complexity index is 309. The summed E-state index contributed by atoms with van der Waals surface area (Å²) in [6.45, 7) is 2.66. The van der Waals surface area contributed by atoms with Crippen molar-refractivity contribution < 1.29 is 9.47 Å². The van der Waals surface area contributed by atoms with Gasteiger partial charge in [-0.2, -0.15) is 0 Å². The third-order valence-electron chi connectivity index (χ3n) is 2.83. The maximum absolute atomic E-state index is 5.35. The predicted octanol–water partition coefficient (Wildman–Crippen LogP) is 1.94. The van der Waals surface area contributed by atoms with Gasteiger partial charge in [-0.25, -0.2) is 0 Å². The molecule has 0 radical (unpaired) electrons. The molecule has 1 saturated heterocycles. The first-order chi connectivity index (χ1) is 6.93. The van der Waals surface area contributed by atoms with Crippen LogP contribution in [0.5, 0.6) is 10.8 Å². The minimum absolute atomic E-state index is 0.396. The highest BCUT2D eigenvalue weighted by atomic mass is 32.1. The molecule has 1 N–H and O–H groups in total. The fraction of sp³-hybridized carbons (Fsp3) is 0.600. The van der Waals surface area contributed by atoms with Crippen molar-refractivity contribution in [3.63, 3.8) is 0 Å². The van der Waals surface area contributed by atoms with Crippen molar-refractivity contribution in [2.75, 3.05) is 19.9 Å². The molecule has 0 aliphatic carbocycles. The van der Waals surface area contributed by atoms with Crippen LogP contribution < -0.4 is 14.8 Å². The summed E-state index contributed by atoms with van der Waals surface area (Å²) in [7, 11) is 0. The summed E-state index contributed by atoms with van der Waals surface area (Å²) in [5, 5.41) is 4.35. The number of hydrogen-bond acceptors (Lipinski definition) is 4. The van der Waals surface area contributed by atoms with Crippen LogP contribution in [0.2, 0.25) is 0 Å². The normalized spacial score (nSPS) is 21.4. The summed E-state index contributed by atoms with van der Waals surface area (Å²) in [4.78, 5) is 1.43. The first-order valence-corrected chi connectivity index (χ1v) is 5.85. The lowest BCUT2D eigenvalue weighted by molar-refractivity contribution is 0.175. The standard InChI is InChI=1S/C10H13NO2S/c1-3-11-4-2-7(1)9-5-8-10(14-9)13-6-12-8/h5,7,11H,1-4,6H2. The van der Waals surface area contributed by atoms with Crippen LogP contribution in [0, 0.1) is 0 Å². The first kappa shape index (κ1) is 8.56. The van der Waals surface area contributed by atoms with Crippen LogP contribution in [-0.2, 0) is 0 Å². The molecule has 3 rings (SSSR count). The Balaban J connectivity index is 1.82. The fourth-order valence-electron chi connectivity index (χ4n) is 2.03. The smallest absolute Gasteiger partial charge is 0.232 e. The van der Waals surface area contributed by atoms with E-state index in [0.29, 0.717) is 12.7 Å². The Kier molecular flexibility index (Phi) is 2.10. The van der Waals surface area contributed by atoms with E-state index in [1.807, 2.05) is 0 Å². The van der Waals surface area contributed by atoms with Crippen LogP contribution in [0.15, 0.2) is 6.07 Å². The van der Waals surface area contributed by atoms with Gasteiger partial charge in [0.25, 0.3) is 0 Å². The number of ether oxygens (including phenoxy) is 2. The lowest BCUT2D eigenvalue weighted by Crippen LogP contribution is -2.26. The van der Waals surface area contributed by atoms with Gasteiger partial charge in [0, 0.05) is 4.88 Å². The summed E-state index contributed by atoms with van der Waals surface area (Å²) in [6.07, 6.45) is 2.47. The Hall–Kier alpha value is -0.740. The second-order valence-corrected chi connectivity index (χ2v) is 4.78. The van der Waals surface area contributed by atoms with E-state index in [9.17, 15) is 0 Å². The van der Waals surface area contributed by atoms with Crippen LogP contribution in [0.25, 0.3) is 0 Å². The maximum Gasteiger partial charge on any atom is 0.232 e. The molecule has 0 aromatic carbocycles. The molecule has 0 amide bonds. The van der Waals surface area contributed by atoms with Gasteiger partial charge in [0.15, 0.2) is 5.75 Å². The monoisotopic (exact) mass is 211 g/mol. The molecule has 0 spiro atoms. The number of fused-ring (bicyclic) bond motifs is 1. The van der Waals surface area contributed by atoms with Crippen molar-refractivity contribution >= 4 is 11.3 Å². The van der Waals surface area contributed by atoms with Crippen LogP contribution in [0.4, 0.5) is 0 Å². The Labute approximate surface area is 87.0 Å². The molecule has 3 heterocycles. The summed E-state index contributed by atoms with van der Waals surface area (Å²) in [5.41, 5.74) is 0. The minimum Gasteiger partial charge on any atom is -0.453 e. The number of nitrogens with one attached hydrogen (secondary N) is 1. The van der Waals surface area contributed by atoms with Crippen LogP contribution >= 0.6 is 11.3 Å². The zero-order valence-electron chi connectivity index (χ0n) is 7.91. The van der Waals surface area contributed by atoms with E-state index in [4.69, 9.17) is 9.47 Å². The van der Waals surface area contributed by atoms with Gasteiger partial charge in [-0.3, -0.25) is 0 Å². The molecular weight excluding hydrogens is 198 g/mol. The molecule has 14 heavy (non-hydrogen) atoms. The van der Waals surface area contributed by atoms with Gasteiger partial charge in [0.2, 0.25) is 11.9 Å². The second kappa shape index (κ2) is 3.44. The van der Waals surface area contributed by atoms with Gasteiger partial charge in [0.1, 0.15) is 0 Å². The van der Waals surface area contributed by atoms with E-state index < -0.39 is 0 Å². The average Bonchev–Trinajstić information content (AvgIpc) is 2.78. The van der Waals surface area contributed by atoms with Gasteiger partial charge >= 0.3 is 0 Å². The largest absolute Gasteiger partial charge is 0.453 e. The third-order valence-corrected chi connectivity index (χ3v) is 4.02. The third kappa shape index (κ3) is 1.38. The van der Waals surface area contributed by atoms with E-state index in [1.54, 1.807) is 11.3 Å². The molecule has 4 heteroatoms. The molecule has 1 fully saturated rings. The first-order valence-electron chi connectivity index (χ1n) is 5.03. The lowest BCUT2D eigenvalue weighted by atomic mass is 9.96. The van der Waals surface area contributed by atoms with E-state index in [1.165, 1.54) is 17.7 Å². The zero-order valence-corrected chi connectivity index (χ0v) is 8.73. The molecule has 2 aliphatic heterocycles. The van der Waals surface area contributed by atoms with Crippen molar-refractivity contribution in [1.82, 2.24) is 5.32 Å². The van der Waals surface area contributed by atoms with Crippen molar-refractivity contribution in [2.24, 2.45) is 0 Å². The van der Waals surface area contributed by atoms with Crippen molar-refractivity contribution in [1.29, 1.82) is 0 Å². The Morgan fingerprint density at radius 2 is 2.14 bits per heavy atom. The highest BCUT2D eigenvalue weighted by Crippen LogP contribution is 2.45. The summed E-state index contributed by atoms with van der Waals surface area (Å²) in [5.74, 6) is 1.66. The topological polar surface area (TPSA) is 30.5 Å². The molecule has 0 bridgehead atoms. The minimum atomic E-state index is 0.396. The van der Waals surface area contributed by atoms with Crippen molar-refractivity contribution in [3.05, 3.63) is 10.9 Å². The number of rotatable bonds is 1. The van der Waals surface area contributed by atoms with E-state index in [0.717, 1.165) is 23.9 Å². The van der Waals surface area contributed by atoms with Crippen LogP contribution in [0.3, 0.4) is 0 Å². The number of thiophene rings is 1. The average molecular weight is 211 g/mol. The quantitative estimate of drug-likeness (QED) is 0.770. The summed E-state index contributed by atoms with van der Waals surface area (Å²) in [6, 6.07) is 2.16. The van der Waals surface area contributed by atoms with Crippen molar-refractivity contribution in [3.8, 4) is 10.8 Å². The highest BCUT2D eigenvalue weighted by molar-refractivity contribution is 7.14. The zero-order chi connectivity index (χ0) is 9.38. The molecule has 0 saturated carbocycles. The number of piperidine rings is 1. The summed E-state index contributed by atoms with van der Waals surface area (Å²) >= 11 is 1.75.